The molecular weight excluding hydrogens is 344 g/mol. The van der Waals surface area contributed by atoms with Crippen LogP contribution < -0.4 is 4.74 Å². The van der Waals surface area contributed by atoms with Crippen molar-refractivity contribution in [2.45, 2.75) is 78.4 Å². The molecule has 3 aromatic rings. The molecule has 1 aromatic heterocycles. The summed E-state index contributed by atoms with van der Waals surface area (Å²) < 4.78 is 8.76. The normalized spacial score (nSPS) is 12.4. The second kappa shape index (κ2) is 10.3. The van der Waals surface area contributed by atoms with E-state index in [1.165, 1.54) is 49.6 Å². The number of ether oxygens (including phenoxy) is 1. The Labute approximate surface area is 169 Å². The van der Waals surface area contributed by atoms with E-state index in [9.17, 15) is 0 Å². The molecule has 0 amide bonds. The number of fused-ring (bicyclic) bond motifs is 1. The van der Waals surface area contributed by atoms with Crippen LogP contribution in [0, 0.1) is 6.92 Å². The lowest BCUT2D eigenvalue weighted by Gasteiger charge is -2.19. The Bertz CT molecular complexity index is 868. The van der Waals surface area contributed by atoms with Crippen LogP contribution in [0.2, 0.25) is 0 Å². The minimum atomic E-state index is -0.0331. The fourth-order valence-electron chi connectivity index (χ4n) is 3.80. The molecule has 0 aliphatic heterocycles. The molecule has 0 bridgehead atoms. The van der Waals surface area contributed by atoms with E-state index < -0.39 is 0 Å². The third-order valence-electron chi connectivity index (χ3n) is 5.35. The van der Waals surface area contributed by atoms with Gasteiger partial charge in [0.25, 0.3) is 0 Å². The molecule has 0 spiro atoms. The van der Waals surface area contributed by atoms with Crippen LogP contribution in [0.5, 0.6) is 5.75 Å². The lowest BCUT2D eigenvalue weighted by molar-refractivity contribution is 0.186. The lowest BCUT2D eigenvalue weighted by atomic mass is 10.1. The highest BCUT2D eigenvalue weighted by Gasteiger charge is 2.20. The molecule has 1 atom stereocenters. The predicted molar refractivity (Wildman–Crippen MR) is 118 cm³/mol. The molecule has 0 radical (unpaired) electrons. The summed E-state index contributed by atoms with van der Waals surface area (Å²) in [7, 11) is 0. The van der Waals surface area contributed by atoms with Crippen molar-refractivity contribution in [3.05, 3.63) is 59.9 Å². The first-order chi connectivity index (χ1) is 13.7. The van der Waals surface area contributed by atoms with Crippen molar-refractivity contribution in [1.82, 2.24) is 9.55 Å². The van der Waals surface area contributed by atoms with Crippen molar-refractivity contribution in [3.8, 4) is 5.75 Å². The summed E-state index contributed by atoms with van der Waals surface area (Å²) in [5, 5.41) is 0. The average molecular weight is 379 g/mol. The zero-order valence-electron chi connectivity index (χ0n) is 17.7. The van der Waals surface area contributed by atoms with Crippen LogP contribution in [0.15, 0.2) is 48.5 Å². The second-order valence-corrected chi connectivity index (χ2v) is 7.71. The van der Waals surface area contributed by atoms with Gasteiger partial charge in [-0.25, -0.2) is 4.98 Å². The van der Waals surface area contributed by atoms with Gasteiger partial charge in [0.2, 0.25) is 0 Å². The van der Waals surface area contributed by atoms with Crippen molar-refractivity contribution in [3.63, 3.8) is 0 Å². The van der Waals surface area contributed by atoms with Gasteiger partial charge in [-0.1, -0.05) is 70.2 Å². The van der Waals surface area contributed by atoms with Crippen molar-refractivity contribution >= 4 is 11.0 Å². The number of imidazole rings is 1. The van der Waals surface area contributed by atoms with E-state index in [2.05, 4.69) is 67.8 Å². The maximum absolute atomic E-state index is 6.38. The van der Waals surface area contributed by atoms with E-state index in [0.717, 1.165) is 30.1 Å². The fraction of sp³-hybridized carbons (Fsp3) is 0.480. The number of unbranched alkanes of at least 4 members (excludes halogenated alkanes) is 5. The quantitative estimate of drug-likeness (QED) is 0.329. The van der Waals surface area contributed by atoms with E-state index in [1.54, 1.807) is 0 Å². The maximum atomic E-state index is 6.38. The first kappa shape index (κ1) is 20.4. The highest BCUT2D eigenvalue weighted by atomic mass is 16.5. The standard InChI is InChI=1S/C25H34N2O/c1-4-6-7-8-9-12-18-27-23-17-11-10-16-22(23)26-25(27)24(5-2)28-21-15-13-14-20(3)19-21/h10-11,13-17,19,24H,4-9,12,18H2,1-3H3. The summed E-state index contributed by atoms with van der Waals surface area (Å²) in [5.41, 5.74) is 3.50. The molecule has 28 heavy (non-hydrogen) atoms. The van der Waals surface area contributed by atoms with Gasteiger partial charge in [0.1, 0.15) is 5.75 Å². The molecule has 1 heterocycles. The smallest absolute Gasteiger partial charge is 0.156 e. The van der Waals surface area contributed by atoms with E-state index in [1.807, 2.05) is 6.07 Å². The van der Waals surface area contributed by atoms with Crippen molar-refractivity contribution in [2.75, 3.05) is 0 Å². The number of aryl methyl sites for hydroxylation is 2. The molecule has 0 saturated carbocycles. The van der Waals surface area contributed by atoms with Gasteiger partial charge in [0, 0.05) is 6.54 Å². The van der Waals surface area contributed by atoms with E-state index in [4.69, 9.17) is 9.72 Å². The van der Waals surface area contributed by atoms with Crippen LogP contribution >= 0.6 is 0 Å². The summed E-state index contributed by atoms with van der Waals surface area (Å²) in [6.45, 7) is 7.55. The van der Waals surface area contributed by atoms with Crippen molar-refractivity contribution in [2.24, 2.45) is 0 Å². The van der Waals surface area contributed by atoms with Crippen LogP contribution in [-0.4, -0.2) is 9.55 Å². The van der Waals surface area contributed by atoms with Crippen LogP contribution in [-0.2, 0) is 6.54 Å². The predicted octanol–water partition coefficient (Wildman–Crippen LogP) is 7.24. The molecule has 3 heteroatoms. The number of nitrogens with zero attached hydrogens (tertiary/aromatic N) is 2. The molecule has 150 valence electrons. The van der Waals surface area contributed by atoms with Gasteiger partial charge >= 0.3 is 0 Å². The topological polar surface area (TPSA) is 27.1 Å². The minimum Gasteiger partial charge on any atom is -0.483 e. The molecule has 0 aliphatic carbocycles. The van der Waals surface area contributed by atoms with E-state index >= 15 is 0 Å². The Hall–Kier alpha value is -2.29. The Morgan fingerprint density at radius 3 is 2.50 bits per heavy atom. The van der Waals surface area contributed by atoms with E-state index in [0.29, 0.717) is 0 Å². The lowest BCUT2D eigenvalue weighted by Crippen LogP contribution is -2.14. The van der Waals surface area contributed by atoms with Gasteiger partial charge in [0.05, 0.1) is 11.0 Å². The monoisotopic (exact) mass is 378 g/mol. The minimum absolute atomic E-state index is 0.0331. The van der Waals surface area contributed by atoms with Gasteiger partial charge in [0.15, 0.2) is 11.9 Å². The van der Waals surface area contributed by atoms with Gasteiger partial charge in [-0.15, -0.1) is 0 Å². The number of rotatable bonds is 11. The summed E-state index contributed by atoms with van der Waals surface area (Å²) >= 11 is 0. The molecule has 3 rings (SSSR count). The number of aromatic nitrogens is 2. The zero-order chi connectivity index (χ0) is 19.8. The molecule has 0 aliphatic rings. The van der Waals surface area contributed by atoms with Crippen molar-refractivity contribution in [1.29, 1.82) is 0 Å². The highest BCUT2D eigenvalue weighted by molar-refractivity contribution is 5.76. The number of para-hydroxylation sites is 2. The molecule has 3 nitrogen and oxygen atoms in total. The molecule has 0 fully saturated rings. The third kappa shape index (κ3) is 5.15. The Morgan fingerprint density at radius 2 is 1.71 bits per heavy atom. The number of hydrogen-bond donors (Lipinski definition) is 0. The average Bonchev–Trinajstić information content (AvgIpc) is 3.07. The Morgan fingerprint density at radius 1 is 0.929 bits per heavy atom. The van der Waals surface area contributed by atoms with Gasteiger partial charge in [-0.2, -0.15) is 0 Å². The van der Waals surface area contributed by atoms with Gasteiger partial charge in [-0.05, 0) is 49.6 Å². The molecular formula is C25H34N2O. The van der Waals surface area contributed by atoms with Gasteiger partial charge < -0.3 is 9.30 Å². The first-order valence-electron chi connectivity index (χ1n) is 10.9. The molecule has 2 aromatic carbocycles. The van der Waals surface area contributed by atoms with Crippen LogP contribution in [0.25, 0.3) is 11.0 Å². The largest absolute Gasteiger partial charge is 0.483 e. The summed E-state index contributed by atoms with van der Waals surface area (Å²) in [5.74, 6) is 1.98. The molecule has 0 N–H and O–H groups in total. The Kier molecular flexibility index (Phi) is 7.53. The summed E-state index contributed by atoms with van der Waals surface area (Å²) in [6.07, 6.45) is 8.66. The van der Waals surface area contributed by atoms with Crippen LogP contribution in [0.3, 0.4) is 0 Å². The number of benzene rings is 2. The maximum Gasteiger partial charge on any atom is 0.156 e. The van der Waals surface area contributed by atoms with Gasteiger partial charge in [-0.3, -0.25) is 0 Å². The highest BCUT2D eigenvalue weighted by Crippen LogP contribution is 2.28. The second-order valence-electron chi connectivity index (χ2n) is 7.71. The Balaban J connectivity index is 1.79. The summed E-state index contributed by atoms with van der Waals surface area (Å²) in [4.78, 5) is 4.97. The third-order valence-corrected chi connectivity index (χ3v) is 5.35. The number of hydrogen-bond acceptors (Lipinski definition) is 2. The summed E-state index contributed by atoms with van der Waals surface area (Å²) in [6, 6.07) is 16.8. The molecule has 0 saturated heterocycles. The van der Waals surface area contributed by atoms with Crippen LogP contribution in [0.4, 0.5) is 0 Å². The van der Waals surface area contributed by atoms with E-state index in [-0.39, 0.29) is 6.10 Å². The fourth-order valence-corrected chi connectivity index (χ4v) is 3.80. The van der Waals surface area contributed by atoms with Crippen LogP contribution in [0.1, 0.15) is 76.3 Å². The zero-order valence-corrected chi connectivity index (χ0v) is 17.7. The van der Waals surface area contributed by atoms with Crippen molar-refractivity contribution < 1.29 is 4.74 Å². The SMILES string of the molecule is CCCCCCCCn1c(C(CC)Oc2cccc(C)c2)nc2ccccc21. The first-order valence-corrected chi connectivity index (χ1v) is 10.9. The molecule has 1 unspecified atom stereocenters.